The van der Waals surface area contributed by atoms with E-state index in [1.54, 1.807) is 0 Å². The van der Waals surface area contributed by atoms with E-state index in [0.29, 0.717) is 11.3 Å². The lowest BCUT2D eigenvalue weighted by Crippen LogP contribution is -2.51. The average Bonchev–Trinajstić information content (AvgIpc) is 2.62. The standard InChI is InChI=1S/C17H30N2O/c1-16(2)9-7-13(11-16)12-19-10-6-8-17(3,4)14(18-5)15(19)20/h7,9,13-14,18H,6,8,10-12H2,1-5H3. The molecule has 2 atom stereocenters. The van der Waals surface area contributed by atoms with Crippen LogP contribution in [0.4, 0.5) is 0 Å². The van der Waals surface area contributed by atoms with Gasteiger partial charge in [-0.2, -0.15) is 0 Å². The van der Waals surface area contributed by atoms with Crippen LogP contribution in [0.3, 0.4) is 0 Å². The predicted octanol–water partition coefficient (Wildman–Crippen LogP) is 2.83. The first kappa shape index (κ1) is 15.6. The molecule has 0 aromatic heterocycles. The van der Waals surface area contributed by atoms with Crippen LogP contribution in [0.15, 0.2) is 12.2 Å². The number of amides is 1. The van der Waals surface area contributed by atoms with E-state index in [4.69, 9.17) is 0 Å². The zero-order valence-corrected chi connectivity index (χ0v) is 13.7. The highest BCUT2D eigenvalue weighted by molar-refractivity contribution is 5.83. The fourth-order valence-corrected chi connectivity index (χ4v) is 3.81. The van der Waals surface area contributed by atoms with Gasteiger partial charge in [-0.15, -0.1) is 0 Å². The normalized spacial score (nSPS) is 32.5. The molecule has 0 bridgehead atoms. The van der Waals surface area contributed by atoms with Gasteiger partial charge in [0.15, 0.2) is 0 Å². The molecule has 3 heteroatoms. The first-order valence-electron chi connectivity index (χ1n) is 7.91. The molecule has 1 N–H and O–H groups in total. The molecule has 1 amide bonds. The van der Waals surface area contributed by atoms with Crippen molar-refractivity contribution in [2.45, 2.75) is 53.0 Å². The molecular weight excluding hydrogens is 248 g/mol. The molecule has 2 aliphatic rings. The molecule has 0 radical (unpaired) electrons. The highest BCUT2D eigenvalue weighted by Gasteiger charge is 2.39. The van der Waals surface area contributed by atoms with Crippen LogP contribution in [-0.2, 0) is 4.79 Å². The summed E-state index contributed by atoms with van der Waals surface area (Å²) in [5.41, 5.74) is 0.340. The lowest BCUT2D eigenvalue weighted by Gasteiger charge is -2.33. The summed E-state index contributed by atoms with van der Waals surface area (Å²) in [5.74, 6) is 0.806. The van der Waals surface area contributed by atoms with Crippen molar-refractivity contribution in [3.05, 3.63) is 12.2 Å². The van der Waals surface area contributed by atoms with Crippen LogP contribution in [0.1, 0.15) is 47.0 Å². The molecule has 1 saturated heterocycles. The monoisotopic (exact) mass is 278 g/mol. The van der Waals surface area contributed by atoms with E-state index in [1.807, 2.05) is 7.05 Å². The molecule has 1 aliphatic heterocycles. The van der Waals surface area contributed by atoms with Crippen LogP contribution in [0.25, 0.3) is 0 Å². The Balaban J connectivity index is 2.05. The molecule has 1 heterocycles. The maximum absolute atomic E-state index is 12.8. The minimum Gasteiger partial charge on any atom is -0.341 e. The van der Waals surface area contributed by atoms with Gasteiger partial charge < -0.3 is 10.2 Å². The van der Waals surface area contributed by atoms with Crippen molar-refractivity contribution in [1.82, 2.24) is 10.2 Å². The maximum Gasteiger partial charge on any atom is 0.240 e. The van der Waals surface area contributed by atoms with E-state index in [-0.39, 0.29) is 17.4 Å². The molecule has 2 unspecified atom stereocenters. The lowest BCUT2D eigenvalue weighted by atomic mass is 9.80. The number of nitrogens with one attached hydrogen (secondary N) is 1. The van der Waals surface area contributed by atoms with Gasteiger partial charge in [-0.05, 0) is 43.1 Å². The van der Waals surface area contributed by atoms with E-state index in [0.717, 1.165) is 32.4 Å². The quantitative estimate of drug-likeness (QED) is 0.805. The zero-order chi connectivity index (χ0) is 15.0. The number of rotatable bonds is 3. The second kappa shape index (κ2) is 5.51. The number of allylic oxidation sites excluding steroid dienone is 1. The van der Waals surface area contributed by atoms with Crippen molar-refractivity contribution >= 4 is 5.91 Å². The Labute approximate surface area is 123 Å². The van der Waals surface area contributed by atoms with E-state index in [1.165, 1.54) is 0 Å². The minimum absolute atomic E-state index is 0.0470. The SMILES string of the molecule is CNC1C(=O)N(CC2C=CC(C)(C)C2)CCCC1(C)C. The molecule has 3 nitrogen and oxygen atoms in total. The van der Waals surface area contributed by atoms with Crippen LogP contribution in [0.5, 0.6) is 0 Å². The molecule has 1 fully saturated rings. The fraction of sp³-hybridized carbons (Fsp3) is 0.824. The summed E-state index contributed by atoms with van der Waals surface area (Å²) in [6.45, 7) is 10.7. The summed E-state index contributed by atoms with van der Waals surface area (Å²) < 4.78 is 0. The first-order valence-corrected chi connectivity index (χ1v) is 7.91. The van der Waals surface area contributed by atoms with Gasteiger partial charge in [-0.3, -0.25) is 4.79 Å². The Kier molecular flexibility index (Phi) is 4.29. The molecule has 20 heavy (non-hydrogen) atoms. The molecule has 0 aromatic rings. The van der Waals surface area contributed by atoms with Crippen LogP contribution in [0.2, 0.25) is 0 Å². The van der Waals surface area contributed by atoms with Gasteiger partial charge in [-0.1, -0.05) is 39.8 Å². The lowest BCUT2D eigenvalue weighted by molar-refractivity contribution is -0.135. The third kappa shape index (κ3) is 3.25. The topological polar surface area (TPSA) is 32.3 Å². The number of hydrogen-bond acceptors (Lipinski definition) is 2. The van der Waals surface area contributed by atoms with Crippen LogP contribution in [-0.4, -0.2) is 37.0 Å². The molecular formula is C17H30N2O. The van der Waals surface area contributed by atoms with Crippen LogP contribution in [0, 0.1) is 16.7 Å². The number of likely N-dealkylation sites (tertiary alicyclic amines) is 1. The van der Waals surface area contributed by atoms with Crippen molar-refractivity contribution in [3.8, 4) is 0 Å². The van der Waals surface area contributed by atoms with Gasteiger partial charge in [0, 0.05) is 13.1 Å². The van der Waals surface area contributed by atoms with E-state index in [9.17, 15) is 4.79 Å². The largest absolute Gasteiger partial charge is 0.341 e. The second-order valence-electron chi connectivity index (χ2n) is 7.91. The fourth-order valence-electron chi connectivity index (χ4n) is 3.81. The predicted molar refractivity (Wildman–Crippen MR) is 83.5 cm³/mol. The van der Waals surface area contributed by atoms with Gasteiger partial charge in [0.25, 0.3) is 0 Å². The van der Waals surface area contributed by atoms with Crippen LogP contribution < -0.4 is 5.32 Å². The summed E-state index contributed by atoms with van der Waals surface area (Å²) in [5, 5.41) is 3.25. The third-order valence-corrected chi connectivity index (χ3v) is 4.94. The smallest absolute Gasteiger partial charge is 0.240 e. The van der Waals surface area contributed by atoms with Crippen molar-refractivity contribution in [1.29, 1.82) is 0 Å². The van der Waals surface area contributed by atoms with E-state index in [2.05, 4.69) is 50.1 Å². The summed E-state index contributed by atoms with van der Waals surface area (Å²) in [7, 11) is 1.91. The van der Waals surface area contributed by atoms with E-state index < -0.39 is 0 Å². The maximum atomic E-state index is 12.8. The van der Waals surface area contributed by atoms with Crippen molar-refractivity contribution in [2.75, 3.05) is 20.1 Å². The van der Waals surface area contributed by atoms with Crippen LogP contribution >= 0.6 is 0 Å². The van der Waals surface area contributed by atoms with Crippen molar-refractivity contribution in [2.24, 2.45) is 16.7 Å². The molecule has 0 aromatic carbocycles. The number of likely N-dealkylation sites (N-methyl/N-ethyl adjacent to an activating group) is 1. The van der Waals surface area contributed by atoms with Gasteiger partial charge >= 0.3 is 0 Å². The van der Waals surface area contributed by atoms with Gasteiger partial charge in [0.1, 0.15) is 0 Å². The number of hydrogen-bond donors (Lipinski definition) is 1. The van der Waals surface area contributed by atoms with E-state index >= 15 is 0 Å². The Hall–Kier alpha value is -0.830. The Morgan fingerprint density at radius 2 is 2.05 bits per heavy atom. The zero-order valence-electron chi connectivity index (χ0n) is 13.7. The Morgan fingerprint density at radius 1 is 1.35 bits per heavy atom. The summed E-state index contributed by atoms with van der Waals surface area (Å²) >= 11 is 0. The average molecular weight is 278 g/mol. The highest BCUT2D eigenvalue weighted by atomic mass is 16.2. The summed E-state index contributed by atoms with van der Waals surface area (Å²) in [6, 6.07) is -0.0524. The molecule has 114 valence electrons. The number of nitrogens with zero attached hydrogens (tertiary/aromatic N) is 1. The Morgan fingerprint density at radius 3 is 2.60 bits per heavy atom. The minimum atomic E-state index is -0.0524. The number of carbonyl (C=O) groups is 1. The second-order valence-corrected chi connectivity index (χ2v) is 7.91. The summed E-state index contributed by atoms with van der Waals surface area (Å²) in [4.78, 5) is 14.9. The van der Waals surface area contributed by atoms with Crippen molar-refractivity contribution < 1.29 is 4.79 Å². The van der Waals surface area contributed by atoms with Crippen molar-refractivity contribution in [3.63, 3.8) is 0 Å². The number of carbonyl (C=O) groups excluding carboxylic acids is 1. The van der Waals surface area contributed by atoms with Gasteiger partial charge in [0.2, 0.25) is 5.91 Å². The third-order valence-electron chi connectivity index (χ3n) is 4.94. The van der Waals surface area contributed by atoms with Gasteiger partial charge in [0.05, 0.1) is 6.04 Å². The van der Waals surface area contributed by atoms with Gasteiger partial charge in [-0.25, -0.2) is 0 Å². The summed E-state index contributed by atoms with van der Waals surface area (Å²) in [6.07, 6.45) is 7.98. The Bertz CT molecular complexity index is 398. The molecule has 0 spiro atoms. The first-order chi connectivity index (χ1) is 9.25. The molecule has 1 aliphatic carbocycles. The molecule has 2 rings (SSSR count). The highest BCUT2D eigenvalue weighted by Crippen LogP contribution is 2.36. The molecule has 0 saturated carbocycles.